The third kappa shape index (κ3) is 1.59. The second-order valence-corrected chi connectivity index (χ2v) is 2.60. The van der Waals surface area contributed by atoms with Crippen LogP contribution >= 0.6 is 12.2 Å². The Bertz CT molecular complexity index is 274. The molecule has 0 aliphatic heterocycles. The van der Waals surface area contributed by atoms with E-state index in [9.17, 15) is 0 Å². The molecule has 5 heteroatoms. The Hall–Kier alpha value is -0.840. The standard InChI is InChI=1S/C6H12N4S/c1-3-7-5-6(11)8-9-10(5)4-2/h3-4H2,1-2H3,(H2,7,8,9,11)/p+1. The van der Waals surface area contributed by atoms with Crippen LogP contribution in [-0.4, -0.2) is 16.9 Å². The van der Waals surface area contributed by atoms with Gasteiger partial charge in [-0.25, -0.2) is 0 Å². The number of nitrogens with one attached hydrogen (secondary N) is 3. The second-order valence-electron chi connectivity index (χ2n) is 2.19. The van der Waals surface area contributed by atoms with Crippen molar-refractivity contribution in [2.45, 2.75) is 20.4 Å². The van der Waals surface area contributed by atoms with Crippen molar-refractivity contribution in [2.24, 2.45) is 0 Å². The number of hydrogen-bond donors (Lipinski definition) is 3. The fourth-order valence-electron chi connectivity index (χ4n) is 0.936. The monoisotopic (exact) mass is 173 g/mol. The molecule has 62 valence electrons. The molecule has 4 nitrogen and oxygen atoms in total. The Morgan fingerprint density at radius 3 is 2.82 bits per heavy atom. The van der Waals surface area contributed by atoms with Gasteiger partial charge in [0.05, 0.1) is 13.1 Å². The molecule has 1 aromatic rings. The topological polar surface area (TPSA) is 47.5 Å². The molecule has 0 amide bonds. The van der Waals surface area contributed by atoms with Gasteiger partial charge in [-0.3, -0.25) is 0 Å². The van der Waals surface area contributed by atoms with Crippen LogP contribution in [0.25, 0.3) is 0 Å². The quantitative estimate of drug-likeness (QED) is 0.468. The van der Waals surface area contributed by atoms with E-state index in [1.807, 2.05) is 11.6 Å². The van der Waals surface area contributed by atoms with Crippen LogP contribution < -0.4 is 10.00 Å². The van der Waals surface area contributed by atoms with E-state index < -0.39 is 0 Å². The minimum Gasteiger partial charge on any atom is -0.301 e. The van der Waals surface area contributed by atoms with Crippen molar-refractivity contribution in [1.29, 1.82) is 0 Å². The summed E-state index contributed by atoms with van der Waals surface area (Å²) in [6, 6.07) is 0. The number of aromatic nitrogens is 3. The summed E-state index contributed by atoms with van der Waals surface area (Å²) in [5.74, 6) is 0.963. The van der Waals surface area contributed by atoms with Gasteiger partial charge in [0.25, 0.3) is 10.5 Å². The number of rotatable bonds is 3. The molecule has 3 N–H and O–H groups in total. The first-order valence-corrected chi connectivity index (χ1v) is 4.14. The minimum atomic E-state index is 0.730. The first kappa shape index (κ1) is 8.26. The highest BCUT2D eigenvalue weighted by molar-refractivity contribution is 7.71. The summed E-state index contributed by atoms with van der Waals surface area (Å²) in [4.78, 5) is 0. The summed E-state index contributed by atoms with van der Waals surface area (Å²) in [5.41, 5.74) is 0. The Balaban J connectivity index is 2.97. The number of anilines is 1. The highest BCUT2D eigenvalue weighted by Gasteiger charge is 2.08. The normalized spacial score (nSPS) is 10.0. The van der Waals surface area contributed by atoms with Crippen molar-refractivity contribution in [3.05, 3.63) is 4.64 Å². The smallest absolute Gasteiger partial charge is 0.291 e. The minimum absolute atomic E-state index is 0.730. The summed E-state index contributed by atoms with van der Waals surface area (Å²) in [5, 5.41) is 8.97. The van der Waals surface area contributed by atoms with E-state index in [-0.39, 0.29) is 0 Å². The van der Waals surface area contributed by atoms with Crippen molar-refractivity contribution in [2.75, 3.05) is 11.9 Å². The lowest BCUT2D eigenvalue weighted by Crippen LogP contribution is -2.37. The van der Waals surface area contributed by atoms with Crippen molar-refractivity contribution in [1.82, 2.24) is 10.3 Å². The predicted octanol–water partition coefficient (Wildman–Crippen LogP) is 0.811. The van der Waals surface area contributed by atoms with Crippen LogP contribution in [0.2, 0.25) is 0 Å². The molecule has 0 fully saturated rings. The molecule has 0 atom stereocenters. The molecule has 1 rings (SSSR count). The summed E-state index contributed by atoms with van der Waals surface area (Å²) in [6.07, 6.45) is 0. The van der Waals surface area contributed by atoms with Gasteiger partial charge in [0.2, 0.25) is 0 Å². The van der Waals surface area contributed by atoms with Crippen LogP contribution in [0.5, 0.6) is 0 Å². The van der Waals surface area contributed by atoms with Gasteiger partial charge in [-0.15, -0.1) is 5.21 Å². The molecule has 0 bridgehead atoms. The van der Waals surface area contributed by atoms with E-state index >= 15 is 0 Å². The van der Waals surface area contributed by atoms with E-state index in [1.54, 1.807) is 0 Å². The fourth-order valence-corrected chi connectivity index (χ4v) is 1.16. The number of aromatic amines is 2. The van der Waals surface area contributed by atoms with Crippen LogP contribution in [-0.2, 0) is 6.54 Å². The van der Waals surface area contributed by atoms with Gasteiger partial charge in [0.15, 0.2) is 0 Å². The lowest BCUT2D eigenvalue weighted by molar-refractivity contribution is -0.737. The van der Waals surface area contributed by atoms with E-state index in [4.69, 9.17) is 12.2 Å². The van der Waals surface area contributed by atoms with E-state index in [2.05, 4.69) is 22.6 Å². The number of nitrogens with zero attached hydrogens (tertiary/aromatic N) is 1. The van der Waals surface area contributed by atoms with Gasteiger partial charge in [0, 0.05) is 0 Å². The van der Waals surface area contributed by atoms with Gasteiger partial charge >= 0.3 is 0 Å². The van der Waals surface area contributed by atoms with Crippen LogP contribution in [0, 0.1) is 4.64 Å². The highest BCUT2D eigenvalue weighted by atomic mass is 32.1. The van der Waals surface area contributed by atoms with Gasteiger partial charge in [-0.05, 0) is 26.1 Å². The molecule has 0 saturated carbocycles. The number of hydrogen-bond acceptors (Lipinski definition) is 2. The molecule has 0 aliphatic rings. The Kier molecular flexibility index (Phi) is 2.64. The summed E-state index contributed by atoms with van der Waals surface area (Å²) < 4.78 is 2.67. The summed E-state index contributed by atoms with van der Waals surface area (Å²) in [6.45, 7) is 5.87. The average Bonchev–Trinajstić information content (AvgIpc) is 2.34. The summed E-state index contributed by atoms with van der Waals surface area (Å²) >= 11 is 5.03. The third-order valence-electron chi connectivity index (χ3n) is 1.45. The Morgan fingerprint density at radius 1 is 1.55 bits per heavy atom. The Labute approximate surface area is 70.6 Å². The molecule has 0 unspecified atom stereocenters. The van der Waals surface area contributed by atoms with Gasteiger partial charge in [-0.2, -0.15) is 9.78 Å². The zero-order valence-electron chi connectivity index (χ0n) is 6.77. The van der Waals surface area contributed by atoms with Gasteiger partial charge in [0.1, 0.15) is 0 Å². The first-order valence-electron chi connectivity index (χ1n) is 3.74. The molecular weight excluding hydrogens is 160 g/mol. The second kappa shape index (κ2) is 3.52. The maximum Gasteiger partial charge on any atom is 0.291 e. The fraction of sp³-hybridized carbons (Fsp3) is 0.667. The molecule has 1 heterocycles. The van der Waals surface area contributed by atoms with Gasteiger partial charge in [-0.1, -0.05) is 0 Å². The molecule has 0 spiro atoms. The van der Waals surface area contributed by atoms with Gasteiger partial charge < -0.3 is 5.32 Å². The molecule has 0 radical (unpaired) electrons. The largest absolute Gasteiger partial charge is 0.301 e. The SMILES string of the molecule is CCNc1c(=S)[nH][nH][n+]1CC. The predicted molar refractivity (Wildman–Crippen MR) is 46.0 cm³/mol. The number of aryl methyl sites for hydroxylation is 1. The third-order valence-corrected chi connectivity index (χ3v) is 1.75. The molecular formula is C6H13N4S+. The molecule has 0 aliphatic carbocycles. The number of H-pyrrole nitrogens is 2. The van der Waals surface area contributed by atoms with E-state index in [0.29, 0.717) is 0 Å². The maximum absolute atomic E-state index is 5.03. The van der Waals surface area contributed by atoms with Crippen LogP contribution in [0.1, 0.15) is 13.8 Å². The van der Waals surface area contributed by atoms with Crippen LogP contribution in [0.15, 0.2) is 0 Å². The van der Waals surface area contributed by atoms with Crippen molar-refractivity contribution in [3.8, 4) is 0 Å². The average molecular weight is 173 g/mol. The van der Waals surface area contributed by atoms with Crippen molar-refractivity contribution in [3.63, 3.8) is 0 Å². The molecule has 0 saturated heterocycles. The highest BCUT2D eigenvalue weighted by Crippen LogP contribution is 1.97. The Morgan fingerprint density at radius 2 is 2.27 bits per heavy atom. The first-order chi connectivity index (χ1) is 5.29. The molecule has 11 heavy (non-hydrogen) atoms. The summed E-state index contributed by atoms with van der Waals surface area (Å²) in [7, 11) is 0. The molecule has 0 aromatic carbocycles. The lowest BCUT2D eigenvalue weighted by Gasteiger charge is -1.95. The van der Waals surface area contributed by atoms with E-state index in [1.165, 1.54) is 0 Å². The van der Waals surface area contributed by atoms with Crippen molar-refractivity contribution >= 4 is 18.0 Å². The van der Waals surface area contributed by atoms with E-state index in [0.717, 1.165) is 23.5 Å². The van der Waals surface area contributed by atoms with Crippen molar-refractivity contribution < 1.29 is 4.68 Å². The maximum atomic E-state index is 5.03. The zero-order valence-corrected chi connectivity index (χ0v) is 7.59. The lowest BCUT2D eigenvalue weighted by atomic mass is 10.6. The molecule has 1 aromatic heterocycles. The zero-order chi connectivity index (χ0) is 8.27. The van der Waals surface area contributed by atoms with Crippen LogP contribution in [0.4, 0.5) is 5.82 Å². The van der Waals surface area contributed by atoms with Crippen LogP contribution in [0.3, 0.4) is 0 Å².